The number of nitrogens with one attached hydrogen (secondary N) is 1. The molecule has 0 saturated carbocycles. The number of imidazole rings is 1. The van der Waals surface area contributed by atoms with Gasteiger partial charge < -0.3 is 15.6 Å². The number of aryl methyl sites for hydroxylation is 2. The smallest absolute Gasteiger partial charge is 0.224 e. The van der Waals surface area contributed by atoms with Gasteiger partial charge in [-0.15, -0.1) is 0 Å². The second-order valence-corrected chi connectivity index (χ2v) is 4.53. The van der Waals surface area contributed by atoms with Gasteiger partial charge in [0.25, 0.3) is 0 Å². The van der Waals surface area contributed by atoms with Crippen molar-refractivity contribution in [1.29, 1.82) is 0 Å². The second kappa shape index (κ2) is 6.04. The number of anilines is 2. The van der Waals surface area contributed by atoms with Crippen LogP contribution in [0.4, 0.5) is 11.4 Å². The Kier molecular flexibility index (Phi) is 4.18. The van der Waals surface area contributed by atoms with E-state index in [0.29, 0.717) is 12.1 Å². The van der Waals surface area contributed by atoms with Crippen molar-refractivity contribution in [3.63, 3.8) is 0 Å². The number of hydrogen-bond donors (Lipinski definition) is 2. The maximum Gasteiger partial charge on any atom is 0.224 e. The Balaban J connectivity index is 1.80. The van der Waals surface area contributed by atoms with Crippen LogP contribution in [0.5, 0.6) is 0 Å². The highest BCUT2D eigenvalue weighted by molar-refractivity contribution is 5.91. The highest BCUT2D eigenvalue weighted by atomic mass is 16.1. The Morgan fingerprint density at radius 3 is 3.00 bits per heavy atom. The highest BCUT2D eigenvalue weighted by Gasteiger charge is 2.05. The van der Waals surface area contributed by atoms with Crippen molar-refractivity contribution in [2.24, 2.45) is 0 Å². The zero-order valence-electron chi connectivity index (χ0n) is 11.0. The van der Waals surface area contributed by atoms with Crippen molar-refractivity contribution < 1.29 is 4.79 Å². The summed E-state index contributed by atoms with van der Waals surface area (Å²) in [5.41, 5.74) is 8.17. The van der Waals surface area contributed by atoms with Crippen molar-refractivity contribution in [3.8, 4) is 0 Å². The van der Waals surface area contributed by atoms with Gasteiger partial charge in [0.15, 0.2) is 0 Å². The quantitative estimate of drug-likeness (QED) is 0.807. The molecule has 0 bridgehead atoms. The molecular weight excluding hydrogens is 240 g/mol. The standard InChI is InChI=1S/C14H18N4O/c1-11-9-12(15)4-5-13(11)17-14(19)3-2-7-18-8-6-16-10-18/h4-6,8-10H,2-3,7,15H2,1H3,(H,17,19). The first-order valence-corrected chi connectivity index (χ1v) is 6.27. The SMILES string of the molecule is Cc1cc(N)ccc1NC(=O)CCCn1ccnc1. The van der Waals surface area contributed by atoms with E-state index >= 15 is 0 Å². The number of nitrogens with two attached hydrogens (primary N) is 1. The van der Waals surface area contributed by atoms with Crippen molar-refractivity contribution in [2.45, 2.75) is 26.3 Å². The Morgan fingerprint density at radius 1 is 1.47 bits per heavy atom. The molecule has 1 aromatic heterocycles. The molecule has 0 saturated heterocycles. The minimum atomic E-state index is 0.0213. The van der Waals surface area contributed by atoms with E-state index in [0.717, 1.165) is 24.2 Å². The third kappa shape index (κ3) is 3.84. The van der Waals surface area contributed by atoms with Crippen LogP contribution in [0.25, 0.3) is 0 Å². The molecule has 5 heteroatoms. The van der Waals surface area contributed by atoms with Crippen LogP contribution in [-0.4, -0.2) is 15.5 Å². The molecule has 0 spiro atoms. The molecule has 2 rings (SSSR count). The maximum atomic E-state index is 11.8. The lowest BCUT2D eigenvalue weighted by Crippen LogP contribution is -2.13. The number of rotatable bonds is 5. The van der Waals surface area contributed by atoms with Crippen LogP contribution < -0.4 is 11.1 Å². The molecule has 1 aromatic carbocycles. The van der Waals surface area contributed by atoms with Crippen LogP contribution in [0.2, 0.25) is 0 Å². The number of aromatic nitrogens is 2. The lowest BCUT2D eigenvalue weighted by molar-refractivity contribution is -0.116. The van der Waals surface area contributed by atoms with Gasteiger partial charge in [-0.25, -0.2) is 4.98 Å². The molecule has 19 heavy (non-hydrogen) atoms. The normalized spacial score (nSPS) is 10.4. The third-order valence-electron chi connectivity index (χ3n) is 2.90. The number of hydrogen-bond acceptors (Lipinski definition) is 3. The fourth-order valence-electron chi connectivity index (χ4n) is 1.88. The lowest BCUT2D eigenvalue weighted by Gasteiger charge is -2.09. The summed E-state index contributed by atoms with van der Waals surface area (Å²) in [5, 5.41) is 2.90. The van der Waals surface area contributed by atoms with Gasteiger partial charge in [-0.1, -0.05) is 0 Å². The molecule has 0 aliphatic heterocycles. The molecule has 0 aliphatic rings. The molecule has 2 aromatic rings. The first-order valence-electron chi connectivity index (χ1n) is 6.27. The Labute approximate surface area is 112 Å². The molecular formula is C14H18N4O. The topological polar surface area (TPSA) is 72.9 Å². The zero-order chi connectivity index (χ0) is 13.7. The molecule has 0 atom stereocenters. The van der Waals surface area contributed by atoms with Gasteiger partial charge in [0, 0.05) is 36.7 Å². The van der Waals surface area contributed by atoms with Gasteiger partial charge >= 0.3 is 0 Å². The summed E-state index contributed by atoms with van der Waals surface area (Å²) in [7, 11) is 0. The van der Waals surface area contributed by atoms with E-state index in [1.807, 2.05) is 29.8 Å². The fraction of sp³-hybridized carbons (Fsp3) is 0.286. The van der Waals surface area contributed by atoms with Gasteiger partial charge in [0.05, 0.1) is 6.33 Å². The summed E-state index contributed by atoms with van der Waals surface area (Å²) >= 11 is 0. The molecule has 0 unspecified atom stereocenters. The van der Waals surface area contributed by atoms with Crippen LogP contribution in [0, 0.1) is 6.92 Å². The lowest BCUT2D eigenvalue weighted by atomic mass is 10.1. The number of benzene rings is 1. The van der Waals surface area contributed by atoms with E-state index in [-0.39, 0.29) is 5.91 Å². The van der Waals surface area contributed by atoms with E-state index < -0.39 is 0 Å². The van der Waals surface area contributed by atoms with E-state index in [2.05, 4.69) is 10.3 Å². The van der Waals surface area contributed by atoms with Crippen LogP contribution in [0.3, 0.4) is 0 Å². The summed E-state index contributed by atoms with van der Waals surface area (Å²) in [5.74, 6) is 0.0213. The third-order valence-corrected chi connectivity index (χ3v) is 2.90. The fourth-order valence-corrected chi connectivity index (χ4v) is 1.88. The largest absolute Gasteiger partial charge is 0.399 e. The number of amides is 1. The number of nitrogens with zero attached hydrogens (tertiary/aromatic N) is 2. The van der Waals surface area contributed by atoms with E-state index in [1.165, 1.54) is 0 Å². The number of nitrogen functional groups attached to an aromatic ring is 1. The Hall–Kier alpha value is -2.30. The van der Waals surface area contributed by atoms with E-state index in [9.17, 15) is 4.79 Å². The highest BCUT2D eigenvalue weighted by Crippen LogP contribution is 2.17. The Morgan fingerprint density at radius 2 is 2.32 bits per heavy atom. The molecule has 0 fully saturated rings. The summed E-state index contributed by atoms with van der Waals surface area (Å²) in [6, 6.07) is 5.47. The molecule has 5 nitrogen and oxygen atoms in total. The van der Waals surface area contributed by atoms with Gasteiger partial charge in [0.1, 0.15) is 0 Å². The minimum absolute atomic E-state index is 0.0213. The predicted molar refractivity (Wildman–Crippen MR) is 75.7 cm³/mol. The van der Waals surface area contributed by atoms with Crippen molar-refractivity contribution in [1.82, 2.24) is 9.55 Å². The zero-order valence-corrected chi connectivity index (χ0v) is 11.0. The van der Waals surface area contributed by atoms with Gasteiger partial charge in [0.2, 0.25) is 5.91 Å². The second-order valence-electron chi connectivity index (χ2n) is 4.53. The predicted octanol–water partition coefficient (Wildman–Crippen LogP) is 2.19. The molecule has 3 N–H and O–H groups in total. The summed E-state index contributed by atoms with van der Waals surface area (Å²) < 4.78 is 1.96. The van der Waals surface area contributed by atoms with Crippen LogP contribution in [-0.2, 0) is 11.3 Å². The van der Waals surface area contributed by atoms with Crippen molar-refractivity contribution in [2.75, 3.05) is 11.1 Å². The Bertz CT molecular complexity index is 549. The van der Waals surface area contributed by atoms with E-state index in [1.54, 1.807) is 18.6 Å². The average Bonchev–Trinajstić information content (AvgIpc) is 2.86. The summed E-state index contributed by atoms with van der Waals surface area (Å²) in [6.45, 7) is 2.73. The van der Waals surface area contributed by atoms with Crippen LogP contribution in [0.1, 0.15) is 18.4 Å². The van der Waals surface area contributed by atoms with Gasteiger partial charge in [-0.05, 0) is 37.1 Å². The van der Waals surface area contributed by atoms with Crippen LogP contribution >= 0.6 is 0 Å². The van der Waals surface area contributed by atoms with Crippen molar-refractivity contribution in [3.05, 3.63) is 42.5 Å². The molecule has 1 amide bonds. The summed E-state index contributed by atoms with van der Waals surface area (Å²) in [6.07, 6.45) is 6.65. The van der Waals surface area contributed by atoms with Gasteiger partial charge in [-0.3, -0.25) is 4.79 Å². The first-order chi connectivity index (χ1) is 9.15. The average molecular weight is 258 g/mol. The maximum absolute atomic E-state index is 11.8. The van der Waals surface area contributed by atoms with E-state index in [4.69, 9.17) is 5.73 Å². The van der Waals surface area contributed by atoms with Gasteiger partial charge in [-0.2, -0.15) is 0 Å². The summed E-state index contributed by atoms with van der Waals surface area (Å²) in [4.78, 5) is 15.8. The molecule has 100 valence electrons. The minimum Gasteiger partial charge on any atom is -0.399 e. The first kappa shape index (κ1) is 13.1. The molecule has 0 radical (unpaired) electrons. The molecule has 1 heterocycles. The number of carbonyl (C=O) groups is 1. The monoisotopic (exact) mass is 258 g/mol. The van der Waals surface area contributed by atoms with Crippen molar-refractivity contribution >= 4 is 17.3 Å². The molecule has 0 aliphatic carbocycles. The van der Waals surface area contributed by atoms with Crippen LogP contribution in [0.15, 0.2) is 36.9 Å². The number of carbonyl (C=O) groups excluding carboxylic acids is 1.